The molecule has 1 aliphatic heterocycles. The Kier molecular flexibility index (Phi) is 7.66. The minimum Gasteiger partial charge on any atom is -0.483 e. The van der Waals surface area contributed by atoms with Gasteiger partial charge in [-0.15, -0.1) is 0 Å². The van der Waals surface area contributed by atoms with Gasteiger partial charge in [-0.1, -0.05) is 26.0 Å². The van der Waals surface area contributed by atoms with Gasteiger partial charge in [-0.05, 0) is 43.9 Å². The minimum atomic E-state index is -0.00404. The van der Waals surface area contributed by atoms with Crippen molar-refractivity contribution in [2.24, 2.45) is 0 Å². The summed E-state index contributed by atoms with van der Waals surface area (Å²) in [7, 11) is 0. The van der Waals surface area contributed by atoms with E-state index in [0.717, 1.165) is 11.3 Å². The van der Waals surface area contributed by atoms with Crippen LogP contribution in [0.1, 0.15) is 44.7 Å². The number of carbonyl (C=O) groups is 2. The SMILES string of the molecule is Cc1ccc(C(C)C)cc1OCC(=O)N1CCN(CC(=O)NC(C)C)CC1. The molecule has 27 heavy (non-hydrogen) atoms. The van der Waals surface area contributed by atoms with Crippen molar-refractivity contribution in [1.82, 2.24) is 15.1 Å². The molecule has 1 aromatic carbocycles. The topological polar surface area (TPSA) is 61.9 Å². The van der Waals surface area contributed by atoms with E-state index in [1.54, 1.807) is 0 Å². The molecule has 6 nitrogen and oxygen atoms in total. The summed E-state index contributed by atoms with van der Waals surface area (Å²) in [6, 6.07) is 6.31. The standard InChI is InChI=1S/C21H33N3O3/c1-15(2)18-7-6-17(5)19(12-18)27-14-21(26)24-10-8-23(9-11-24)13-20(25)22-16(3)4/h6-7,12,15-16H,8-11,13-14H2,1-5H3,(H,22,25). The van der Waals surface area contributed by atoms with E-state index in [-0.39, 0.29) is 24.5 Å². The maximum atomic E-state index is 12.5. The second-order valence-electron chi connectivity index (χ2n) is 7.85. The predicted molar refractivity (Wildman–Crippen MR) is 107 cm³/mol. The summed E-state index contributed by atoms with van der Waals surface area (Å²) in [5.41, 5.74) is 2.24. The van der Waals surface area contributed by atoms with Crippen molar-refractivity contribution >= 4 is 11.8 Å². The van der Waals surface area contributed by atoms with Crippen LogP contribution < -0.4 is 10.1 Å². The number of carbonyl (C=O) groups excluding carboxylic acids is 2. The lowest BCUT2D eigenvalue weighted by molar-refractivity contribution is -0.135. The maximum Gasteiger partial charge on any atom is 0.260 e. The first-order chi connectivity index (χ1) is 12.8. The van der Waals surface area contributed by atoms with Crippen LogP contribution in [-0.2, 0) is 9.59 Å². The molecule has 2 amide bonds. The molecule has 1 N–H and O–H groups in total. The number of benzene rings is 1. The molecule has 0 aliphatic carbocycles. The number of rotatable bonds is 7. The Labute approximate surface area is 162 Å². The first-order valence-electron chi connectivity index (χ1n) is 9.79. The molecule has 6 heteroatoms. The fourth-order valence-electron chi connectivity index (χ4n) is 3.09. The number of piperazine rings is 1. The molecule has 0 spiro atoms. The van der Waals surface area contributed by atoms with Crippen LogP contribution in [0.2, 0.25) is 0 Å². The van der Waals surface area contributed by atoms with E-state index in [1.165, 1.54) is 5.56 Å². The quantitative estimate of drug-likeness (QED) is 0.793. The average Bonchev–Trinajstić information content (AvgIpc) is 2.60. The Balaban J connectivity index is 1.80. The Morgan fingerprint density at radius 1 is 1.11 bits per heavy atom. The van der Waals surface area contributed by atoms with Gasteiger partial charge in [0.05, 0.1) is 6.54 Å². The van der Waals surface area contributed by atoms with E-state index >= 15 is 0 Å². The lowest BCUT2D eigenvalue weighted by Gasteiger charge is -2.34. The van der Waals surface area contributed by atoms with Gasteiger partial charge in [0.2, 0.25) is 5.91 Å². The predicted octanol–water partition coefficient (Wildman–Crippen LogP) is 2.17. The summed E-state index contributed by atoms with van der Waals surface area (Å²) in [5, 5.41) is 2.90. The van der Waals surface area contributed by atoms with Gasteiger partial charge < -0.3 is 15.0 Å². The third-order valence-electron chi connectivity index (χ3n) is 4.77. The van der Waals surface area contributed by atoms with Crippen LogP contribution in [0.5, 0.6) is 5.75 Å². The number of nitrogens with one attached hydrogen (secondary N) is 1. The molecular formula is C21H33N3O3. The lowest BCUT2D eigenvalue weighted by Crippen LogP contribution is -2.52. The van der Waals surface area contributed by atoms with Crippen LogP contribution in [-0.4, -0.2) is 67.0 Å². The largest absolute Gasteiger partial charge is 0.483 e. The summed E-state index contributed by atoms with van der Waals surface area (Å²) >= 11 is 0. The Morgan fingerprint density at radius 3 is 2.37 bits per heavy atom. The number of amides is 2. The van der Waals surface area contributed by atoms with Crippen molar-refractivity contribution in [3.8, 4) is 5.75 Å². The van der Waals surface area contributed by atoms with E-state index in [9.17, 15) is 9.59 Å². The molecular weight excluding hydrogens is 342 g/mol. The molecule has 150 valence electrons. The van der Waals surface area contributed by atoms with Gasteiger partial charge in [0, 0.05) is 32.2 Å². The lowest BCUT2D eigenvalue weighted by atomic mass is 10.0. The number of hydrogen-bond acceptors (Lipinski definition) is 4. The molecule has 1 aromatic rings. The first-order valence-corrected chi connectivity index (χ1v) is 9.79. The molecule has 0 saturated carbocycles. The van der Waals surface area contributed by atoms with Gasteiger partial charge in [-0.3, -0.25) is 14.5 Å². The monoisotopic (exact) mass is 375 g/mol. The highest BCUT2D eigenvalue weighted by Gasteiger charge is 2.23. The third-order valence-corrected chi connectivity index (χ3v) is 4.77. The Hall–Kier alpha value is -2.08. The normalized spacial score (nSPS) is 15.3. The summed E-state index contributed by atoms with van der Waals surface area (Å²) < 4.78 is 5.81. The van der Waals surface area contributed by atoms with Crippen molar-refractivity contribution in [1.29, 1.82) is 0 Å². The first kappa shape index (κ1) is 21.2. The molecule has 1 saturated heterocycles. The minimum absolute atomic E-state index is 0.00404. The molecule has 0 radical (unpaired) electrons. The molecule has 1 fully saturated rings. The van der Waals surface area contributed by atoms with Crippen LogP contribution >= 0.6 is 0 Å². The van der Waals surface area contributed by atoms with Crippen LogP contribution in [0.4, 0.5) is 0 Å². The molecule has 2 rings (SSSR count). The van der Waals surface area contributed by atoms with Crippen molar-refractivity contribution in [2.45, 2.75) is 46.6 Å². The zero-order chi connectivity index (χ0) is 20.0. The van der Waals surface area contributed by atoms with Crippen LogP contribution in [0.3, 0.4) is 0 Å². The summed E-state index contributed by atoms with van der Waals surface area (Å²) in [5.74, 6) is 1.23. The van der Waals surface area contributed by atoms with E-state index in [1.807, 2.05) is 37.8 Å². The molecule has 1 heterocycles. The summed E-state index contributed by atoms with van der Waals surface area (Å²) in [6.45, 7) is 13.3. The molecule has 0 atom stereocenters. The van der Waals surface area contributed by atoms with E-state index < -0.39 is 0 Å². The second-order valence-corrected chi connectivity index (χ2v) is 7.85. The van der Waals surface area contributed by atoms with Crippen LogP contribution in [0, 0.1) is 6.92 Å². The maximum absolute atomic E-state index is 12.5. The highest BCUT2D eigenvalue weighted by atomic mass is 16.5. The number of aryl methyl sites for hydroxylation is 1. The van der Waals surface area contributed by atoms with Gasteiger partial charge in [0.15, 0.2) is 6.61 Å². The van der Waals surface area contributed by atoms with Crippen molar-refractivity contribution in [3.63, 3.8) is 0 Å². The van der Waals surface area contributed by atoms with Crippen molar-refractivity contribution in [2.75, 3.05) is 39.3 Å². The van der Waals surface area contributed by atoms with Crippen LogP contribution in [0.25, 0.3) is 0 Å². The fraction of sp³-hybridized carbons (Fsp3) is 0.619. The Morgan fingerprint density at radius 2 is 1.78 bits per heavy atom. The Bertz CT molecular complexity index is 650. The number of hydrogen-bond donors (Lipinski definition) is 1. The fourth-order valence-corrected chi connectivity index (χ4v) is 3.09. The van der Waals surface area contributed by atoms with Gasteiger partial charge >= 0.3 is 0 Å². The van der Waals surface area contributed by atoms with Crippen LogP contribution in [0.15, 0.2) is 18.2 Å². The molecule has 0 bridgehead atoms. The van der Waals surface area contributed by atoms with Gasteiger partial charge in [0.1, 0.15) is 5.75 Å². The second kappa shape index (κ2) is 9.74. The smallest absolute Gasteiger partial charge is 0.260 e. The van der Waals surface area contributed by atoms with Crippen molar-refractivity contribution in [3.05, 3.63) is 29.3 Å². The average molecular weight is 376 g/mol. The zero-order valence-corrected chi connectivity index (χ0v) is 17.2. The summed E-state index contributed by atoms with van der Waals surface area (Å²) in [4.78, 5) is 28.2. The molecule has 0 unspecified atom stereocenters. The van der Waals surface area contributed by atoms with Gasteiger partial charge in [0.25, 0.3) is 5.91 Å². The van der Waals surface area contributed by atoms with Gasteiger partial charge in [-0.25, -0.2) is 0 Å². The zero-order valence-electron chi connectivity index (χ0n) is 17.2. The van der Waals surface area contributed by atoms with Gasteiger partial charge in [-0.2, -0.15) is 0 Å². The molecule has 1 aliphatic rings. The highest BCUT2D eigenvalue weighted by Crippen LogP contribution is 2.24. The highest BCUT2D eigenvalue weighted by molar-refractivity contribution is 5.79. The molecule has 0 aromatic heterocycles. The number of ether oxygens (including phenoxy) is 1. The third kappa shape index (κ3) is 6.54. The summed E-state index contributed by atoms with van der Waals surface area (Å²) in [6.07, 6.45) is 0. The van der Waals surface area contributed by atoms with E-state index in [4.69, 9.17) is 4.74 Å². The van der Waals surface area contributed by atoms with E-state index in [2.05, 4.69) is 30.1 Å². The van der Waals surface area contributed by atoms with Crippen molar-refractivity contribution < 1.29 is 14.3 Å². The number of nitrogens with zero attached hydrogens (tertiary/aromatic N) is 2. The van der Waals surface area contributed by atoms with E-state index in [0.29, 0.717) is 38.6 Å².